The highest BCUT2D eigenvalue weighted by molar-refractivity contribution is 8.13. The average molecular weight is 312 g/mol. The molecule has 0 amide bonds. The predicted molar refractivity (Wildman–Crippen MR) is 65.8 cm³/mol. The highest BCUT2D eigenvalue weighted by Gasteiger charge is 2.35. The summed E-state index contributed by atoms with van der Waals surface area (Å²) in [5, 5.41) is 9.96. The minimum atomic E-state index is -4.87. The summed E-state index contributed by atoms with van der Waals surface area (Å²) < 4.78 is 50.9. The molecule has 0 heterocycles. The first-order valence-electron chi connectivity index (χ1n) is 4.63. The molecule has 1 aromatic rings. The fourth-order valence-corrected chi connectivity index (χ4v) is 1.69. The molecule has 0 bridgehead atoms. The molecule has 0 atom stereocenters. The molecule has 102 valence electrons. The van der Waals surface area contributed by atoms with Crippen molar-refractivity contribution >= 4 is 34.2 Å². The Bertz CT molecular complexity index is 551. The van der Waals surface area contributed by atoms with Crippen LogP contribution in [0.1, 0.15) is 5.56 Å². The van der Waals surface area contributed by atoms with Crippen LogP contribution in [0.5, 0.6) is 0 Å². The Kier molecular flexibility index (Phi) is 5.03. The van der Waals surface area contributed by atoms with Gasteiger partial charge in [-0.25, -0.2) is 9.38 Å². The molecular weight excluding hydrogens is 306 g/mol. The zero-order valence-corrected chi connectivity index (χ0v) is 10.9. The standard InChI is InChI=1S/C10H6ClF4N3S/c1-19-9(17-4-16)18-5-2-6(10(13,14)15)8(12)7(11)3-5/h2-3H,1H3,(H,17,18). The Morgan fingerprint density at radius 1 is 1.47 bits per heavy atom. The molecule has 3 nitrogen and oxygen atoms in total. The lowest BCUT2D eigenvalue weighted by Gasteiger charge is -2.10. The van der Waals surface area contributed by atoms with Crippen LogP contribution in [0.3, 0.4) is 0 Å². The number of thioether (sulfide) groups is 1. The van der Waals surface area contributed by atoms with Gasteiger partial charge >= 0.3 is 6.18 Å². The minimum Gasteiger partial charge on any atom is -0.271 e. The van der Waals surface area contributed by atoms with Gasteiger partial charge in [-0.2, -0.15) is 18.4 Å². The Hall–Kier alpha value is -1.46. The summed E-state index contributed by atoms with van der Waals surface area (Å²) >= 11 is 6.40. The maximum atomic E-state index is 13.3. The second-order valence-electron chi connectivity index (χ2n) is 3.14. The van der Waals surface area contributed by atoms with Gasteiger partial charge in [-0.05, 0) is 18.4 Å². The summed E-state index contributed by atoms with van der Waals surface area (Å²) in [6.45, 7) is 0. The number of rotatable bonds is 1. The molecule has 0 aliphatic rings. The average Bonchev–Trinajstić information content (AvgIpc) is 2.31. The molecule has 0 saturated heterocycles. The Morgan fingerprint density at radius 3 is 2.58 bits per heavy atom. The molecule has 1 rings (SSSR count). The first-order chi connectivity index (χ1) is 8.79. The van der Waals surface area contributed by atoms with Crippen LogP contribution in [-0.2, 0) is 6.18 Å². The molecule has 0 spiro atoms. The largest absolute Gasteiger partial charge is 0.419 e. The highest BCUT2D eigenvalue weighted by Crippen LogP contribution is 2.37. The molecule has 0 radical (unpaired) electrons. The van der Waals surface area contributed by atoms with Crippen molar-refractivity contribution in [3.05, 3.63) is 28.5 Å². The monoisotopic (exact) mass is 311 g/mol. The maximum Gasteiger partial charge on any atom is 0.419 e. The van der Waals surface area contributed by atoms with Crippen LogP contribution < -0.4 is 5.32 Å². The number of benzene rings is 1. The number of nitrogens with zero attached hydrogens (tertiary/aromatic N) is 2. The van der Waals surface area contributed by atoms with Gasteiger partial charge in [0.1, 0.15) is 0 Å². The van der Waals surface area contributed by atoms with Gasteiger partial charge in [0.15, 0.2) is 17.2 Å². The number of aliphatic imine (C=N–C) groups is 1. The summed E-state index contributed by atoms with van der Waals surface area (Å²) in [5.41, 5.74) is -1.71. The SMILES string of the molecule is CSC(=Nc1cc(Cl)c(F)c(C(F)(F)F)c1)NC#N. The second kappa shape index (κ2) is 6.12. The summed E-state index contributed by atoms with van der Waals surface area (Å²) in [4.78, 5) is 3.74. The third-order valence-electron chi connectivity index (χ3n) is 1.91. The fourth-order valence-electron chi connectivity index (χ4n) is 1.14. The number of halogens is 5. The topological polar surface area (TPSA) is 48.2 Å². The predicted octanol–water partition coefficient (Wildman–Crippen LogP) is 3.92. The van der Waals surface area contributed by atoms with E-state index in [9.17, 15) is 17.6 Å². The van der Waals surface area contributed by atoms with Gasteiger partial charge in [-0.15, -0.1) is 0 Å². The van der Waals surface area contributed by atoms with E-state index in [1.807, 2.05) is 0 Å². The van der Waals surface area contributed by atoms with E-state index < -0.39 is 22.6 Å². The molecule has 19 heavy (non-hydrogen) atoms. The maximum absolute atomic E-state index is 13.3. The normalized spacial score (nSPS) is 12.2. The van der Waals surface area contributed by atoms with E-state index in [0.717, 1.165) is 17.8 Å². The summed E-state index contributed by atoms with van der Waals surface area (Å²) in [6, 6.07) is 1.47. The van der Waals surface area contributed by atoms with Crippen molar-refractivity contribution in [1.82, 2.24) is 5.32 Å². The highest BCUT2D eigenvalue weighted by atomic mass is 35.5. The Balaban J connectivity index is 3.33. The molecule has 0 fully saturated rings. The van der Waals surface area contributed by atoms with Crippen molar-refractivity contribution in [3.63, 3.8) is 0 Å². The van der Waals surface area contributed by atoms with Crippen molar-refractivity contribution in [2.24, 2.45) is 4.99 Å². The smallest absolute Gasteiger partial charge is 0.271 e. The third kappa shape index (κ3) is 4.01. The number of alkyl halides is 3. The third-order valence-corrected chi connectivity index (χ3v) is 2.76. The second-order valence-corrected chi connectivity index (χ2v) is 4.35. The molecule has 0 aromatic heterocycles. The van der Waals surface area contributed by atoms with Gasteiger partial charge in [0.25, 0.3) is 0 Å². The molecule has 1 aromatic carbocycles. The van der Waals surface area contributed by atoms with Crippen LogP contribution in [0.4, 0.5) is 23.2 Å². The van der Waals surface area contributed by atoms with Crippen LogP contribution in [0.25, 0.3) is 0 Å². The number of nitrogens with one attached hydrogen (secondary N) is 1. The number of hydrogen-bond donors (Lipinski definition) is 1. The summed E-state index contributed by atoms with van der Waals surface area (Å²) in [6.07, 6.45) is -1.73. The quantitative estimate of drug-likeness (QED) is 0.281. The van der Waals surface area contributed by atoms with Gasteiger partial charge in [0.05, 0.1) is 16.3 Å². The lowest BCUT2D eigenvalue weighted by Crippen LogP contribution is -2.13. The van der Waals surface area contributed by atoms with Crippen molar-refractivity contribution in [3.8, 4) is 6.19 Å². The Labute approximate surface area is 115 Å². The molecule has 0 aliphatic heterocycles. The van der Waals surface area contributed by atoms with Crippen molar-refractivity contribution in [2.45, 2.75) is 6.18 Å². The lowest BCUT2D eigenvalue weighted by atomic mass is 10.2. The molecular formula is C10H6ClF4N3S. The number of amidine groups is 1. The van der Waals surface area contributed by atoms with E-state index in [1.54, 1.807) is 12.4 Å². The van der Waals surface area contributed by atoms with Crippen LogP contribution in [0, 0.1) is 17.3 Å². The van der Waals surface area contributed by atoms with Gasteiger partial charge in [-0.3, -0.25) is 5.32 Å². The van der Waals surface area contributed by atoms with E-state index in [0.29, 0.717) is 6.07 Å². The van der Waals surface area contributed by atoms with Gasteiger partial charge in [0, 0.05) is 0 Å². The molecule has 0 aliphatic carbocycles. The first-order valence-corrected chi connectivity index (χ1v) is 6.24. The number of hydrogen-bond acceptors (Lipinski definition) is 3. The van der Waals surface area contributed by atoms with E-state index in [1.165, 1.54) is 0 Å². The Morgan fingerprint density at radius 2 is 2.11 bits per heavy atom. The van der Waals surface area contributed by atoms with Crippen molar-refractivity contribution < 1.29 is 17.6 Å². The van der Waals surface area contributed by atoms with Crippen molar-refractivity contribution in [2.75, 3.05) is 6.26 Å². The number of nitriles is 1. The molecule has 0 unspecified atom stereocenters. The van der Waals surface area contributed by atoms with E-state index >= 15 is 0 Å². The van der Waals surface area contributed by atoms with E-state index in [2.05, 4.69) is 10.3 Å². The van der Waals surface area contributed by atoms with Gasteiger partial charge in [0.2, 0.25) is 0 Å². The van der Waals surface area contributed by atoms with E-state index in [4.69, 9.17) is 16.9 Å². The minimum absolute atomic E-state index is 0.0679. The zero-order chi connectivity index (χ0) is 14.6. The molecule has 0 saturated carbocycles. The molecule has 9 heteroatoms. The van der Waals surface area contributed by atoms with Gasteiger partial charge < -0.3 is 0 Å². The lowest BCUT2D eigenvalue weighted by molar-refractivity contribution is -0.139. The van der Waals surface area contributed by atoms with Crippen molar-refractivity contribution in [1.29, 1.82) is 5.26 Å². The zero-order valence-electron chi connectivity index (χ0n) is 9.35. The van der Waals surface area contributed by atoms with Crippen LogP contribution in [-0.4, -0.2) is 11.4 Å². The first kappa shape index (κ1) is 15.6. The van der Waals surface area contributed by atoms with E-state index in [-0.39, 0.29) is 10.9 Å². The van der Waals surface area contributed by atoms with Crippen LogP contribution in [0.2, 0.25) is 5.02 Å². The fraction of sp³-hybridized carbons (Fsp3) is 0.200. The molecule has 1 N–H and O–H groups in total. The van der Waals surface area contributed by atoms with Gasteiger partial charge in [-0.1, -0.05) is 23.4 Å². The summed E-state index contributed by atoms with van der Waals surface area (Å²) in [5.74, 6) is -1.55. The van der Waals surface area contributed by atoms with Crippen LogP contribution in [0.15, 0.2) is 17.1 Å². The van der Waals surface area contributed by atoms with Crippen LogP contribution >= 0.6 is 23.4 Å². The summed E-state index contributed by atoms with van der Waals surface area (Å²) in [7, 11) is 0.